The minimum atomic E-state index is 0.815. The number of hydrogen-bond donors (Lipinski definition) is 0. The van der Waals surface area contributed by atoms with Crippen molar-refractivity contribution in [3.05, 3.63) is 63.1 Å². The van der Waals surface area contributed by atoms with Crippen LogP contribution in [0, 0.1) is 0 Å². The van der Waals surface area contributed by atoms with Crippen molar-refractivity contribution in [2.45, 2.75) is 13.1 Å². The molecule has 2 rings (SSSR count). The molecule has 2 aromatic rings. The normalized spacial score (nSPS) is 10.8. The third-order valence-electron chi connectivity index (χ3n) is 3.07. The molecule has 2 nitrogen and oxygen atoms in total. The summed E-state index contributed by atoms with van der Waals surface area (Å²) in [6.45, 7) is 1.68. The maximum atomic E-state index is 6.19. The number of rotatable bonds is 5. The van der Waals surface area contributed by atoms with Crippen molar-refractivity contribution in [3.8, 4) is 5.75 Å². The zero-order chi connectivity index (χ0) is 14.5. The number of hydrogen-bond acceptors (Lipinski definition) is 2. The third-order valence-corrected chi connectivity index (χ3v) is 4.06. The predicted octanol–water partition coefficient (Wildman–Crippen LogP) is 4.74. The molecular formula is C16H17BrClNO. The molecule has 0 atom stereocenters. The SMILES string of the molecule is COc1ccc(CN(C)Cc2ccccc2Cl)cc1Br. The van der Waals surface area contributed by atoms with E-state index in [1.165, 1.54) is 5.56 Å². The van der Waals surface area contributed by atoms with Crippen molar-refractivity contribution in [2.24, 2.45) is 0 Å². The fourth-order valence-corrected chi connectivity index (χ4v) is 2.88. The number of ether oxygens (including phenoxy) is 1. The first-order valence-corrected chi connectivity index (χ1v) is 7.51. The molecule has 0 N–H and O–H groups in total. The van der Waals surface area contributed by atoms with E-state index in [2.05, 4.69) is 46.1 Å². The molecule has 0 unspecified atom stereocenters. The summed E-state index contributed by atoms with van der Waals surface area (Å²) in [4.78, 5) is 2.23. The van der Waals surface area contributed by atoms with E-state index in [0.29, 0.717) is 0 Å². The van der Waals surface area contributed by atoms with Gasteiger partial charge in [-0.25, -0.2) is 0 Å². The summed E-state index contributed by atoms with van der Waals surface area (Å²) >= 11 is 9.70. The minimum absolute atomic E-state index is 0.815. The standard InChI is InChI=1S/C16H17BrClNO/c1-19(11-13-5-3-4-6-15(13)18)10-12-7-8-16(20-2)14(17)9-12/h3-9H,10-11H2,1-2H3. The molecule has 2 aromatic carbocycles. The monoisotopic (exact) mass is 353 g/mol. The van der Waals surface area contributed by atoms with E-state index in [0.717, 1.165) is 33.9 Å². The number of nitrogens with zero attached hydrogens (tertiary/aromatic N) is 1. The van der Waals surface area contributed by atoms with Crippen LogP contribution < -0.4 is 4.74 Å². The van der Waals surface area contributed by atoms with Crippen LogP contribution in [-0.2, 0) is 13.1 Å². The Hall–Kier alpha value is -1.03. The van der Waals surface area contributed by atoms with Crippen molar-refractivity contribution >= 4 is 27.5 Å². The van der Waals surface area contributed by atoms with Gasteiger partial charge in [0.2, 0.25) is 0 Å². The molecule has 0 amide bonds. The summed E-state index contributed by atoms with van der Waals surface area (Å²) < 4.78 is 6.21. The molecule has 0 saturated carbocycles. The zero-order valence-corrected chi connectivity index (χ0v) is 13.9. The predicted molar refractivity (Wildman–Crippen MR) is 87.3 cm³/mol. The van der Waals surface area contributed by atoms with E-state index in [-0.39, 0.29) is 0 Å². The van der Waals surface area contributed by atoms with Gasteiger partial charge in [-0.3, -0.25) is 4.90 Å². The van der Waals surface area contributed by atoms with Crippen LogP contribution in [0.15, 0.2) is 46.9 Å². The molecule has 0 saturated heterocycles. The lowest BCUT2D eigenvalue weighted by molar-refractivity contribution is 0.319. The van der Waals surface area contributed by atoms with Crippen molar-refractivity contribution in [1.29, 1.82) is 0 Å². The lowest BCUT2D eigenvalue weighted by atomic mass is 10.1. The van der Waals surface area contributed by atoms with E-state index < -0.39 is 0 Å². The molecule has 0 spiro atoms. The highest BCUT2D eigenvalue weighted by molar-refractivity contribution is 9.10. The Morgan fingerprint density at radius 2 is 1.90 bits per heavy atom. The summed E-state index contributed by atoms with van der Waals surface area (Å²) in [5.74, 6) is 0.850. The first-order chi connectivity index (χ1) is 9.60. The molecule has 0 bridgehead atoms. The van der Waals surface area contributed by atoms with Crippen LogP contribution in [0.2, 0.25) is 5.02 Å². The van der Waals surface area contributed by atoms with Crippen LogP contribution >= 0.6 is 27.5 Å². The second-order valence-electron chi connectivity index (χ2n) is 4.73. The number of benzene rings is 2. The van der Waals surface area contributed by atoms with Gasteiger partial charge in [0.15, 0.2) is 0 Å². The van der Waals surface area contributed by atoms with E-state index in [1.807, 2.05) is 24.3 Å². The first kappa shape index (κ1) is 15.4. The van der Waals surface area contributed by atoms with Crippen molar-refractivity contribution in [3.63, 3.8) is 0 Å². The maximum absolute atomic E-state index is 6.19. The molecule has 0 radical (unpaired) electrons. The highest BCUT2D eigenvalue weighted by Crippen LogP contribution is 2.26. The Labute approximate surface area is 133 Å². The summed E-state index contributed by atoms with van der Waals surface area (Å²) in [6, 6.07) is 14.1. The number of methoxy groups -OCH3 is 1. The van der Waals surface area contributed by atoms with E-state index in [4.69, 9.17) is 16.3 Å². The van der Waals surface area contributed by atoms with Gasteiger partial charge < -0.3 is 4.74 Å². The lowest BCUT2D eigenvalue weighted by Crippen LogP contribution is -2.17. The topological polar surface area (TPSA) is 12.5 Å². The molecule has 106 valence electrons. The van der Waals surface area contributed by atoms with Crippen LogP contribution in [0.4, 0.5) is 0 Å². The average Bonchev–Trinajstić information content (AvgIpc) is 2.41. The van der Waals surface area contributed by atoms with Crippen LogP contribution in [0.5, 0.6) is 5.75 Å². The molecule has 0 heterocycles. The van der Waals surface area contributed by atoms with Gasteiger partial charge in [0, 0.05) is 18.1 Å². The van der Waals surface area contributed by atoms with Gasteiger partial charge in [0.25, 0.3) is 0 Å². The largest absolute Gasteiger partial charge is 0.496 e. The van der Waals surface area contributed by atoms with Gasteiger partial charge in [-0.1, -0.05) is 35.9 Å². The zero-order valence-electron chi connectivity index (χ0n) is 11.6. The molecule has 0 aliphatic heterocycles. The van der Waals surface area contributed by atoms with Gasteiger partial charge in [-0.2, -0.15) is 0 Å². The molecular weight excluding hydrogens is 338 g/mol. The fourth-order valence-electron chi connectivity index (χ4n) is 2.09. The van der Waals surface area contributed by atoms with Gasteiger partial charge >= 0.3 is 0 Å². The fraction of sp³-hybridized carbons (Fsp3) is 0.250. The quantitative estimate of drug-likeness (QED) is 0.769. The van der Waals surface area contributed by atoms with Crippen LogP contribution in [0.25, 0.3) is 0 Å². The summed E-state index contributed by atoms with van der Waals surface area (Å²) in [5, 5.41) is 0.815. The smallest absolute Gasteiger partial charge is 0.133 e. The van der Waals surface area contributed by atoms with E-state index in [9.17, 15) is 0 Å². The van der Waals surface area contributed by atoms with E-state index in [1.54, 1.807) is 7.11 Å². The Bertz CT molecular complexity index is 588. The molecule has 0 aliphatic carbocycles. The third kappa shape index (κ3) is 3.98. The average molecular weight is 355 g/mol. The second-order valence-corrected chi connectivity index (χ2v) is 5.99. The van der Waals surface area contributed by atoms with Crippen LogP contribution in [0.1, 0.15) is 11.1 Å². The Balaban J connectivity index is 2.03. The van der Waals surface area contributed by atoms with Crippen LogP contribution in [-0.4, -0.2) is 19.1 Å². The number of halogens is 2. The summed E-state index contributed by atoms with van der Waals surface area (Å²) in [7, 11) is 3.75. The van der Waals surface area contributed by atoms with Gasteiger partial charge in [-0.15, -0.1) is 0 Å². The van der Waals surface area contributed by atoms with Crippen LogP contribution in [0.3, 0.4) is 0 Å². The van der Waals surface area contributed by atoms with Crippen molar-refractivity contribution in [1.82, 2.24) is 4.90 Å². The Morgan fingerprint density at radius 1 is 1.15 bits per heavy atom. The van der Waals surface area contributed by atoms with Crippen molar-refractivity contribution < 1.29 is 4.74 Å². The van der Waals surface area contributed by atoms with E-state index >= 15 is 0 Å². The second kappa shape index (κ2) is 7.11. The van der Waals surface area contributed by atoms with Gasteiger partial charge in [0.1, 0.15) is 5.75 Å². The maximum Gasteiger partial charge on any atom is 0.133 e. The highest BCUT2D eigenvalue weighted by Gasteiger charge is 2.07. The molecule has 0 aliphatic rings. The Kier molecular flexibility index (Phi) is 5.46. The minimum Gasteiger partial charge on any atom is -0.496 e. The van der Waals surface area contributed by atoms with Gasteiger partial charge in [0.05, 0.1) is 11.6 Å². The highest BCUT2D eigenvalue weighted by atomic mass is 79.9. The molecule has 0 fully saturated rings. The molecule has 0 aromatic heterocycles. The summed E-state index contributed by atoms with van der Waals surface area (Å²) in [5.41, 5.74) is 2.37. The molecule has 4 heteroatoms. The lowest BCUT2D eigenvalue weighted by Gasteiger charge is -2.18. The van der Waals surface area contributed by atoms with Gasteiger partial charge in [-0.05, 0) is 52.3 Å². The first-order valence-electron chi connectivity index (χ1n) is 6.34. The summed E-state index contributed by atoms with van der Waals surface area (Å²) in [6.07, 6.45) is 0. The Morgan fingerprint density at radius 3 is 2.55 bits per heavy atom. The molecule has 20 heavy (non-hydrogen) atoms. The van der Waals surface area contributed by atoms with Crippen molar-refractivity contribution in [2.75, 3.05) is 14.2 Å².